The van der Waals surface area contributed by atoms with Crippen LogP contribution < -0.4 is 5.32 Å². The average molecular weight is 292 g/mol. The first-order valence-electron chi connectivity index (χ1n) is 6.92. The molecule has 2 amide bonds. The summed E-state index contributed by atoms with van der Waals surface area (Å²) in [6.45, 7) is 2.25. The maximum Gasteiger partial charge on any atom is 0.406 e. The van der Waals surface area contributed by atoms with Gasteiger partial charge in [-0.1, -0.05) is 20.3 Å². The first-order valence-corrected chi connectivity index (χ1v) is 6.92. The Morgan fingerprint density at radius 3 is 2.40 bits per heavy atom. The van der Waals surface area contributed by atoms with Gasteiger partial charge in [0.2, 0.25) is 11.8 Å². The first kappa shape index (κ1) is 15.1. The van der Waals surface area contributed by atoms with Gasteiger partial charge in [0.05, 0.1) is 0 Å². The van der Waals surface area contributed by atoms with Gasteiger partial charge in [-0.2, -0.15) is 13.2 Å². The van der Waals surface area contributed by atoms with Crippen LogP contribution in [0, 0.1) is 11.8 Å². The lowest BCUT2D eigenvalue weighted by molar-refractivity contribution is -0.176. The van der Waals surface area contributed by atoms with Crippen LogP contribution in [0.1, 0.15) is 33.1 Å². The molecule has 1 aliphatic carbocycles. The van der Waals surface area contributed by atoms with E-state index in [0.717, 1.165) is 4.90 Å². The molecule has 1 saturated heterocycles. The number of nitrogens with one attached hydrogen (secondary N) is 1. The minimum absolute atomic E-state index is 0.126. The largest absolute Gasteiger partial charge is 0.406 e. The quantitative estimate of drug-likeness (QED) is 0.857. The highest BCUT2D eigenvalue weighted by Crippen LogP contribution is 2.38. The van der Waals surface area contributed by atoms with Crippen molar-refractivity contribution in [3.8, 4) is 0 Å². The van der Waals surface area contributed by atoms with Crippen molar-refractivity contribution in [2.45, 2.75) is 51.4 Å². The van der Waals surface area contributed by atoms with Gasteiger partial charge < -0.3 is 10.2 Å². The van der Waals surface area contributed by atoms with E-state index in [2.05, 4.69) is 5.32 Å². The molecule has 4 nitrogen and oxygen atoms in total. The maximum absolute atomic E-state index is 12.7. The summed E-state index contributed by atoms with van der Waals surface area (Å²) in [5.74, 6) is -1.35. The fraction of sp³-hybridized carbons (Fsp3) is 0.846. The number of carbonyl (C=O) groups is 2. The van der Waals surface area contributed by atoms with Gasteiger partial charge in [-0.3, -0.25) is 9.59 Å². The lowest BCUT2D eigenvalue weighted by atomic mass is 9.93. The fourth-order valence-electron chi connectivity index (χ4n) is 2.63. The molecular formula is C13H19F3N2O2. The highest BCUT2D eigenvalue weighted by Gasteiger charge is 2.51. The van der Waals surface area contributed by atoms with Gasteiger partial charge in [0.15, 0.2) is 0 Å². The summed E-state index contributed by atoms with van der Waals surface area (Å²) in [6.07, 6.45) is -2.47. The summed E-state index contributed by atoms with van der Waals surface area (Å²) < 4.78 is 38.0. The lowest BCUT2D eigenvalue weighted by Crippen LogP contribution is -2.66. The van der Waals surface area contributed by atoms with Crippen molar-refractivity contribution in [2.75, 3.05) is 6.54 Å². The number of piperazine rings is 1. The molecule has 3 atom stereocenters. The van der Waals surface area contributed by atoms with Gasteiger partial charge in [0.1, 0.15) is 18.6 Å². The van der Waals surface area contributed by atoms with Crippen LogP contribution in [0.2, 0.25) is 0 Å². The number of hydrogen-bond donors (Lipinski definition) is 1. The summed E-state index contributed by atoms with van der Waals surface area (Å²) in [4.78, 5) is 25.1. The molecule has 0 aromatic rings. The number of carbonyl (C=O) groups excluding carboxylic acids is 2. The fourth-order valence-corrected chi connectivity index (χ4v) is 2.63. The Bertz CT molecular complexity index is 407. The molecule has 0 spiro atoms. The van der Waals surface area contributed by atoms with Crippen LogP contribution in [0.15, 0.2) is 0 Å². The molecule has 7 heteroatoms. The molecule has 0 bridgehead atoms. The molecule has 2 rings (SSSR count). The van der Waals surface area contributed by atoms with E-state index in [1.165, 1.54) is 0 Å². The zero-order valence-electron chi connectivity index (χ0n) is 11.5. The summed E-state index contributed by atoms with van der Waals surface area (Å²) in [5.41, 5.74) is 0. The number of halogens is 3. The van der Waals surface area contributed by atoms with Gasteiger partial charge in [0, 0.05) is 0 Å². The molecule has 114 valence electrons. The van der Waals surface area contributed by atoms with Crippen LogP contribution in [0.4, 0.5) is 13.2 Å². The summed E-state index contributed by atoms with van der Waals surface area (Å²) >= 11 is 0. The van der Waals surface area contributed by atoms with Crippen molar-refractivity contribution < 1.29 is 22.8 Å². The monoisotopic (exact) mass is 292 g/mol. The first-order chi connectivity index (χ1) is 9.24. The second-order valence-corrected chi connectivity index (χ2v) is 5.74. The summed E-state index contributed by atoms with van der Waals surface area (Å²) in [7, 11) is 0. The molecule has 1 aliphatic heterocycles. The lowest BCUT2D eigenvalue weighted by Gasteiger charge is -2.41. The second-order valence-electron chi connectivity index (χ2n) is 5.74. The molecule has 1 saturated carbocycles. The van der Waals surface area contributed by atoms with E-state index in [-0.39, 0.29) is 11.8 Å². The number of rotatable bonds is 4. The molecule has 20 heavy (non-hydrogen) atoms. The third-order valence-corrected chi connectivity index (χ3v) is 4.08. The maximum atomic E-state index is 12.7. The molecule has 0 radical (unpaired) electrons. The van der Waals surface area contributed by atoms with E-state index in [1.54, 1.807) is 6.92 Å². The Morgan fingerprint density at radius 1 is 1.35 bits per heavy atom. The van der Waals surface area contributed by atoms with Crippen LogP contribution in [0.25, 0.3) is 0 Å². The average Bonchev–Trinajstić information content (AvgIpc) is 3.15. The highest BCUT2D eigenvalue weighted by molar-refractivity contribution is 5.97. The smallest absolute Gasteiger partial charge is 0.342 e. The van der Waals surface area contributed by atoms with Crippen LogP contribution in [-0.2, 0) is 9.59 Å². The van der Waals surface area contributed by atoms with Crippen molar-refractivity contribution in [3.05, 3.63) is 0 Å². The Labute approximate surface area is 115 Å². The number of alkyl halides is 3. The molecule has 0 aromatic heterocycles. The Kier molecular flexibility index (Phi) is 3.97. The van der Waals surface area contributed by atoms with Crippen LogP contribution in [0.5, 0.6) is 0 Å². The predicted octanol–water partition coefficient (Wildman–Crippen LogP) is 1.70. The van der Waals surface area contributed by atoms with E-state index in [4.69, 9.17) is 0 Å². The zero-order chi connectivity index (χ0) is 15.1. The van der Waals surface area contributed by atoms with E-state index >= 15 is 0 Å². The predicted molar refractivity (Wildman–Crippen MR) is 65.7 cm³/mol. The molecule has 3 unspecified atom stereocenters. The van der Waals surface area contributed by atoms with Crippen molar-refractivity contribution >= 4 is 11.8 Å². The molecule has 0 aromatic carbocycles. The zero-order valence-corrected chi connectivity index (χ0v) is 11.5. The number of hydrogen-bond acceptors (Lipinski definition) is 2. The van der Waals surface area contributed by atoms with Crippen LogP contribution in [-0.4, -0.2) is 41.5 Å². The topological polar surface area (TPSA) is 49.4 Å². The third-order valence-electron chi connectivity index (χ3n) is 4.08. The number of amides is 2. The van der Waals surface area contributed by atoms with E-state index in [9.17, 15) is 22.8 Å². The van der Waals surface area contributed by atoms with Gasteiger partial charge in [-0.15, -0.1) is 0 Å². The molecule has 1 N–H and O–H groups in total. The van der Waals surface area contributed by atoms with Crippen molar-refractivity contribution in [3.63, 3.8) is 0 Å². The minimum Gasteiger partial charge on any atom is -0.342 e. The molecule has 2 fully saturated rings. The molecule has 1 heterocycles. The summed E-state index contributed by atoms with van der Waals surface area (Å²) in [5, 5.41) is 2.61. The van der Waals surface area contributed by atoms with Gasteiger partial charge >= 0.3 is 6.18 Å². The minimum atomic E-state index is -4.49. The standard InChI is InChI=1S/C13H19F3N2O2/c1-3-7(2)9-12(20)18(6-13(14,15)16)10(8-4-5-8)11(19)17-9/h7-10H,3-6H2,1-2H3,(H,17,19). The Morgan fingerprint density at radius 2 is 1.95 bits per heavy atom. The number of nitrogens with zero attached hydrogens (tertiary/aromatic N) is 1. The normalized spacial score (nSPS) is 29.4. The Balaban J connectivity index is 2.23. The van der Waals surface area contributed by atoms with Crippen LogP contribution in [0.3, 0.4) is 0 Å². The van der Waals surface area contributed by atoms with Gasteiger partial charge in [-0.05, 0) is 24.7 Å². The second kappa shape index (κ2) is 5.26. The highest BCUT2D eigenvalue weighted by atomic mass is 19.4. The van der Waals surface area contributed by atoms with Gasteiger partial charge in [0.25, 0.3) is 0 Å². The van der Waals surface area contributed by atoms with Crippen molar-refractivity contribution in [1.29, 1.82) is 0 Å². The van der Waals surface area contributed by atoms with Gasteiger partial charge in [-0.25, -0.2) is 0 Å². The molecule has 2 aliphatic rings. The van der Waals surface area contributed by atoms with E-state index in [0.29, 0.717) is 19.3 Å². The van der Waals surface area contributed by atoms with E-state index in [1.807, 2.05) is 6.92 Å². The molecular weight excluding hydrogens is 273 g/mol. The van der Waals surface area contributed by atoms with Crippen LogP contribution >= 0.6 is 0 Å². The SMILES string of the molecule is CCC(C)C1NC(=O)C(C2CC2)N(CC(F)(F)F)C1=O. The Hall–Kier alpha value is -1.27. The van der Waals surface area contributed by atoms with E-state index < -0.39 is 36.6 Å². The van der Waals surface area contributed by atoms with Crippen molar-refractivity contribution in [2.24, 2.45) is 11.8 Å². The van der Waals surface area contributed by atoms with Crippen molar-refractivity contribution in [1.82, 2.24) is 10.2 Å². The summed E-state index contributed by atoms with van der Waals surface area (Å²) in [6, 6.07) is -1.80. The third kappa shape index (κ3) is 3.07.